The average Bonchev–Trinajstić information content (AvgIpc) is 2.85. The number of hydrogen-bond acceptors (Lipinski definition) is 2. The molecule has 0 radical (unpaired) electrons. The van der Waals surface area contributed by atoms with Crippen molar-refractivity contribution in [3.8, 4) is 0 Å². The molecule has 0 aromatic carbocycles. The van der Waals surface area contributed by atoms with Crippen LogP contribution in [0.2, 0.25) is 0 Å². The number of rotatable bonds is 4. The fraction of sp³-hybridized carbons (Fsp3) is 1.00. The van der Waals surface area contributed by atoms with Gasteiger partial charge in [-0.05, 0) is 133 Å². The first-order valence-electron chi connectivity index (χ1n) is 13.9. The highest BCUT2D eigenvalue weighted by molar-refractivity contribution is 6.50. The summed E-state index contributed by atoms with van der Waals surface area (Å²) >= 11 is 14.7. The maximum Gasteiger partial charge on any atom is 0.129 e. The molecule has 32 heavy (non-hydrogen) atoms. The van der Waals surface area contributed by atoms with Crippen LogP contribution >= 0.6 is 23.2 Å². The Kier molecular flexibility index (Phi) is 7.20. The van der Waals surface area contributed by atoms with Crippen molar-refractivity contribution < 1.29 is 9.47 Å². The first-order chi connectivity index (χ1) is 15.4. The van der Waals surface area contributed by atoms with Gasteiger partial charge in [0.05, 0.1) is 12.2 Å². The molecule has 0 bridgehead atoms. The van der Waals surface area contributed by atoms with Crippen molar-refractivity contribution in [3.63, 3.8) is 0 Å². The minimum atomic E-state index is -0.489. The van der Waals surface area contributed by atoms with E-state index in [1.165, 1.54) is 109 Å². The van der Waals surface area contributed by atoms with Gasteiger partial charge in [-0.1, -0.05) is 0 Å². The van der Waals surface area contributed by atoms with Gasteiger partial charge in [0.15, 0.2) is 0 Å². The first kappa shape index (κ1) is 24.2. The minimum absolute atomic E-state index is 0.208. The van der Waals surface area contributed by atoms with Gasteiger partial charge in [0.25, 0.3) is 0 Å². The molecule has 0 saturated heterocycles. The maximum absolute atomic E-state index is 7.35. The highest BCUT2D eigenvalue weighted by Crippen LogP contribution is 2.77. The van der Waals surface area contributed by atoms with Crippen LogP contribution in [0.4, 0.5) is 0 Å². The molecule has 5 aliphatic rings. The van der Waals surface area contributed by atoms with E-state index in [4.69, 9.17) is 32.7 Å². The monoisotopic (exact) mass is 484 g/mol. The third-order valence-electron chi connectivity index (χ3n) is 11.4. The van der Waals surface area contributed by atoms with Gasteiger partial charge < -0.3 is 9.47 Å². The predicted octanol–water partition coefficient (Wildman–Crippen LogP) is 8.33. The molecular weight excluding hydrogens is 439 g/mol. The van der Waals surface area contributed by atoms with E-state index in [1.54, 1.807) is 0 Å². The standard InChI is InChI=1S/C28H46Cl2O2/c1-31-24-7-3-20(4-8-24)22-11-15-26(16-12-22)19-27(28(26,29)30)17-13-23(14-18-27)21-5-9-25(32-2)10-6-21/h20-25H,3-19H2,1-2H3/t20-,21-,22?,23?,24-,25-,26?,27?. The van der Waals surface area contributed by atoms with Gasteiger partial charge in [0, 0.05) is 25.0 Å². The van der Waals surface area contributed by atoms with Gasteiger partial charge in [0.2, 0.25) is 0 Å². The third kappa shape index (κ3) is 4.10. The zero-order chi connectivity index (χ0) is 22.4. The second kappa shape index (κ2) is 9.51. The number of alkyl halides is 2. The normalized spacial score (nSPS) is 49.1. The Balaban J connectivity index is 1.12. The van der Waals surface area contributed by atoms with E-state index in [2.05, 4.69) is 0 Å². The molecule has 0 aliphatic heterocycles. The van der Waals surface area contributed by atoms with Crippen LogP contribution in [-0.4, -0.2) is 30.8 Å². The lowest BCUT2D eigenvalue weighted by Gasteiger charge is -2.69. The number of hydrogen-bond donors (Lipinski definition) is 0. The van der Waals surface area contributed by atoms with Crippen molar-refractivity contribution in [2.24, 2.45) is 34.5 Å². The van der Waals surface area contributed by atoms with Crippen LogP contribution in [0.1, 0.15) is 109 Å². The fourth-order valence-electron chi connectivity index (χ4n) is 9.23. The lowest BCUT2D eigenvalue weighted by Crippen LogP contribution is -2.66. The molecule has 0 unspecified atom stereocenters. The van der Waals surface area contributed by atoms with E-state index >= 15 is 0 Å². The van der Waals surface area contributed by atoms with Crippen molar-refractivity contribution in [1.29, 1.82) is 0 Å². The average molecular weight is 486 g/mol. The van der Waals surface area contributed by atoms with Gasteiger partial charge in [-0.3, -0.25) is 0 Å². The van der Waals surface area contributed by atoms with Crippen LogP contribution in [0.3, 0.4) is 0 Å². The van der Waals surface area contributed by atoms with E-state index in [-0.39, 0.29) is 10.8 Å². The van der Waals surface area contributed by atoms with Gasteiger partial charge in [-0.15, -0.1) is 23.2 Å². The van der Waals surface area contributed by atoms with Crippen molar-refractivity contribution >= 4 is 23.2 Å². The molecule has 0 atom stereocenters. The summed E-state index contributed by atoms with van der Waals surface area (Å²) in [5, 5.41) is 0. The highest BCUT2D eigenvalue weighted by atomic mass is 35.5. The molecule has 2 spiro atoms. The lowest BCUT2D eigenvalue weighted by molar-refractivity contribution is -0.123. The van der Waals surface area contributed by atoms with Crippen LogP contribution in [0.5, 0.6) is 0 Å². The Morgan fingerprint density at radius 1 is 0.500 bits per heavy atom. The molecule has 5 saturated carbocycles. The number of ether oxygens (including phenoxy) is 2. The first-order valence-corrected chi connectivity index (χ1v) is 14.6. The van der Waals surface area contributed by atoms with E-state index in [1.807, 2.05) is 14.2 Å². The van der Waals surface area contributed by atoms with Gasteiger partial charge >= 0.3 is 0 Å². The summed E-state index contributed by atoms with van der Waals surface area (Å²) < 4.78 is 10.7. The Morgan fingerprint density at radius 3 is 1.09 bits per heavy atom. The second-order valence-corrected chi connectivity index (χ2v) is 13.9. The van der Waals surface area contributed by atoms with E-state index < -0.39 is 4.33 Å². The zero-order valence-corrected chi connectivity index (χ0v) is 22.1. The SMILES string of the molecule is CO[C@H]1CC[C@H](C2CCC3(CC2)CC2(CCC([C@H]4CC[C@H](OC)CC4)CC2)C3(Cl)Cl)CC1. The molecule has 0 aromatic rings. The number of methoxy groups -OCH3 is 2. The molecule has 0 N–H and O–H groups in total. The quantitative estimate of drug-likeness (QED) is 0.373. The molecule has 5 aliphatic carbocycles. The molecule has 4 heteroatoms. The zero-order valence-electron chi connectivity index (χ0n) is 20.6. The Morgan fingerprint density at radius 2 is 0.812 bits per heavy atom. The van der Waals surface area contributed by atoms with E-state index in [0.29, 0.717) is 12.2 Å². The maximum atomic E-state index is 7.35. The van der Waals surface area contributed by atoms with Crippen LogP contribution in [0.15, 0.2) is 0 Å². The van der Waals surface area contributed by atoms with Crippen LogP contribution in [0.25, 0.3) is 0 Å². The van der Waals surface area contributed by atoms with Crippen molar-refractivity contribution in [3.05, 3.63) is 0 Å². The molecule has 0 amide bonds. The molecule has 0 heterocycles. The summed E-state index contributed by atoms with van der Waals surface area (Å²) in [4.78, 5) is 0. The van der Waals surface area contributed by atoms with E-state index in [0.717, 1.165) is 23.7 Å². The Bertz CT molecular complexity index is 565. The molecule has 184 valence electrons. The summed E-state index contributed by atoms with van der Waals surface area (Å²) in [6.45, 7) is 0. The number of halogens is 2. The third-order valence-corrected chi connectivity index (χ3v) is 13.0. The van der Waals surface area contributed by atoms with Crippen LogP contribution in [0, 0.1) is 34.5 Å². The predicted molar refractivity (Wildman–Crippen MR) is 133 cm³/mol. The van der Waals surface area contributed by atoms with Crippen molar-refractivity contribution in [1.82, 2.24) is 0 Å². The fourth-order valence-corrected chi connectivity index (χ4v) is 10.2. The van der Waals surface area contributed by atoms with Crippen LogP contribution in [-0.2, 0) is 9.47 Å². The van der Waals surface area contributed by atoms with Gasteiger partial charge in [-0.25, -0.2) is 0 Å². The summed E-state index contributed by atoms with van der Waals surface area (Å²) in [5.41, 5.74) is 0.416. The Labute approximate surface area is 206 Å². The van der Waals surface area contributed by atoms with Crippen LogP contribution < -0.4 is 0 Å². The smallest absolute Gasteiger partial charge is 0.129 e. The topological polar surface area (TPSA) is 18.5 Å². The molecule has 2 nitrogen and oxygen atoms in total. The molecule has 5 fully saturated rings. The summed E-state index contributed by atoms with van der Waals surface area (Å²) in [7, 11) is 3.75. The molecule has 0 aromatic heterocycles. The lowest BCUT2D eigenvalue weighted by atomic mass is 9.42. The largest absolute Gasteiger partial charge is 0.381 e. The van der Waals surface area contributed by atoms with Gasteiger partial charge in [-0.2, -0.15) is 0 Å². The van der Waals surface area contributed by atoms with Crippen molar-refractivity contribution in [2.75, 3.05) is 14.2 Å². The molecule has 5 rings (SSSR count). The second-order valence-electron chi connectivity index (χ2n) is 12.5. The minimum Gasteiger partial charge on any atom is -0.381 e. The summed E-state index contributed by atoms with van der Waals surface area (Å²) in [6.07, 6.45) is 23.3. The van der Waals surface area contributed by atoms with Crippen molar-refractivity contribution in [2.45, 2.75) is 126 Å². The molecular formula is C28H46Cl2O2. The van der Waals surface area contributed by atoms with Gasteiger partial charge in [0.1, 0.15) is 4.33 Å². The summed E-state index contributed by atoms with van der Waals surface area (Å²) in [6, 6.07) is 0. The van der Waals surface area contributed by atoms with E-state index in [9.17, 15) is 0 Å². The Hall–Kier alpha value is 0.500. The highest BCUT2D eigenvalue weighted by Gasteiger charge is 2.72. The summed E-state index contributed by atoms with van der Waals surface area (Å²) in [5.74, 6) is 3.63.